The van der Waals surface area contributed by atoms with Gasteiger partial charge >= 0.3 is 12.1 Å². The van der Waals surface area contributed by atoms with Crippen molar-refractivity contribution in [2.45, 2.75) is 25.3 Å². The molecule has 8 nitrogen and oxygen atoms in total. The predicted molar refractivity (Wildman–Crippen MR) is 132 cm³/mol. The van der Waals surface area contributed by atoms with Gasteiger partial charge in [-0.1, -0.05) is 55.5 Å². The number of ether oxygens (including phenoxy) is 1. The molecule has 2 N–H and O–H groups in total. The highest BCUT2D eigenvalue weighted by atomic mass is 16.5. The molecule has 1 aliphatic carbocycles. The van der Waals surface area contributed by atoms with Crippen LogP contribution in [0.25, 0.3) is 11.1 Å². The Hall–Kier alpha value is -3.39. The maximum atomic E-state index is 13.3. The topological polar surface area (TPSA) is 99.2 Å². The molecule has 3 atom stereocenters. The monoisotopic (exact) mass is 479 g/mol. The first-order valence-electron chi connectivity index (χ1n) is 12.0. The summed E-state index contributed by atoms with van der Waals surface area (Å²) in [6.07, 6.45) is -0.607. The van der Waals surface area contributed by atoms with Crippen LogP contribution in [-0.4, -0.2) is 79.3 Å². The first-order chi connectivity index (χ1) is 16.7. The van der Waals surface area contributed by atoms with E-state index in [0.29, 0.717) is 19.6 Å². The van der Waals surface area contributed by atoms with Crippen LogP contribution in [0.2, 0.25) is 0 Å². The average Bonchev–Trinajstić information content (AvgIpc) is 3.33. The number of fused-ring (bicyclic) bond motifs is 3. The van der Waals surface area contributed by atoms with E-state index in [4.69, 9.17) is 9.84 Å². The minimum atomic E-state index is -0.863. The third kappa shape index (κ3) is 5.48. The lowest BCUT2D eigenvalue weighted by molar-refractivity contribution is -0.139. The number of hydrogen-bond donors (Lipinski definition) is 2. The van der Waals surface area contributed by atoms with E-state index in [-0.39, 0.29) is 36.7 Å². The van der Waals surface area contributed by atoms with Gasteiger partial charge < -0.3 is 25.0 Å². The second kappa shape index (κ2) is 10.5. The summed E-state index contributed by atoms with van der Waals surface area (Å²) < 4.78 is 5.64. The number of carbonyl (C=O) groups is 3. The standard InChI is InChI=1S/C27H33N3O5/c1-17-13-30(14-18(17)12-25(31)32)26(33)24(15-29(2)3)28-27(34)35-16-23-21-10-6-4-8-19(21)20-9-5-7-11-22(20)23/h4-11,17-18,23-24H,12-16H2,1-3H3,(H,28,34)(H,31,32). The number of carboxylic acid groups (broad SMARTS) is 1. The number of carbonyl (C=O) groups excluding carboxylic acids is 2. The Labute approximate surface area is 205 Å². The van der Waals surface area contributed by atoms with Gasteiger partial charge in [-0.25, -0.2) is 4.79 Å². The fourth-order valence-electron chi connectivity index (χ4n) is 5.26. The quantitative estimate of drug-likeness (QED) is 0.604. The molecule has 2 aliphatic rings. The Morgan fingerprint density at radius 1 is 1.06 bits per heavy atom. The zero-order valence-electron chi connectivity index (χ0n) is 20.4. The van der Waals surface area contributed by atoms with Crippen LogP contribution in [0.5, 0.6) is 0 Å². The zero-order chi connectivity index (χ0) is 25.1. The molecule has 35 heavy (non-hydrogen) atoms. The predicted octanol–water partition coefficient (Wildman–Crippen LogP) is 3.02. The van der Waals surface area contributed by atoms with E-state index < -0.39 is 18.1 Å². The molecule has 8 heteroatoms. The number of amides is 2. The van der Waals surface area contributed by atoms with Gasteiger partial charge in [-0.15, -0.1) is 0 Å². The third-order valence-electron chi connectivity index (χ3n) is 7.00. The van der Waals surface area contributed by atoms with Crippen molar-refractivity contribution in [3.05, 3.63) is 59.7 Å². The molecule has 2 aromatic rings. The summed E-state index contributed by atoms with van der Waals surface area (Å²) in [4.78, 5) is 40.7. The number of hydrogen-bond acceptors (Lipinski definition) is 5. The first kappa shape index (κ1) is 24.7. The van der Waals surface area contributed by atoms with Crippen LogP contribution in [-0.2, 0) is 14.3 Å². The molecule has 0 spiro atoms. The van der Waals surface area contributed by atoms with Crippen molar-refractivity contribution in [3.63, 3.8) is 0 Å². The summed E-state index contributed by atoms with van der Waals surface area (Å²) in [5.74, 6) is -1.15. The van der Waals surface area contributed by atoms with Crippen molar-refractivity contribution < 1.29 is 24.2 Å². The smallest absolute Gasteiger partial charge is 0.407 e. The van der Waals surface area contributed by atoms with Gasteiger partial charge in [-0.3, -0.25) is 9.59 Å². The van der Waals surface area contributed by atoms with Crippen LogP contribution < -0.4 is 5.32 Å². The van der Waals surface area contributed by atoms with Gasteiger partial charge in [-0.05, 0) is 48.2 Å². The Kier molecular flexibility index (Phi) is 7.40. The number of aliphatic carboxylic acids is 1. The second-order valence-electron chi connectivity index (χ2n) is 9.86. The molecule has 1 heterocycles. The molecule has 0 radical (unpaired) electrons. The van der Waals surface area contributed by atoms with Crippen molar-refractivity contribution >= 4 is 18.0 Å². The van der Waals surface area contributed by atoms with Crippen LogP contribution in [0.4, 0.5) is 4.79 Å². The Balaban J connectivity index is 1.41. The molecule has 1 saturated heterocycles. The summed E-state index contributed by atoms with van der Waals surface area (Å²) in [5, 5.41) is 11.9. The van der Waals surface area contributed by atoms with E-state index in [2.05, 4.69) is 29.6 Å². The van der Waals surface area contributed by atoms with Crippen LogP contribution >= 0.6 is 0 Å². The fraction of sp³-hybridized carbons (Fsp3) is 0.444. The largest absolute Gasteiger partial charge is 0.481 e. The van der Waals surface area contributed by atoms with E-state index in [1.165, 1.54) is 0 Å². The number of benzene rings is 2. The molecule has 3 unspecified atom stereocenters. The molecule has 1 aliphatic heterocycles. The molecule has 2 amide bonds. The van der Waals surface area contributed by atoms with Gasteiger partial charge in [0.15, 0.2) is 0 Å². The number of carboxylic acids is 1. The van der Waals surface area contributed by atoms with Crippen LogP contribution in [0, 0.1) is 11.8 Å². The van der Waals surface area contributed by atoms with Crippen molar-refractivity contribution in [2.24, 2.45) is 11.8 Å². The van der Waals surface area contributed by atoms with Gasteiger partial charge in [0.05, 0.1) is 6.42 Å². The second-order valence-corrected chi connectivity index (χ2v) is 9.86. The molecule has 0 aromatic heterocycles. The number of likely N-dealkylation sites (tertiary alicyclic amines) is 1. The van der Waals surface area contributed by atoms with E-state index in [1.54, 1.807) is 4.90 Å². The van der Waals surface area contributed by atoms with Gasteiger partial charge in [0.1, 0.15) is 12.6 Å². The highest BCUT2D eigenvalue weighted by Crippen LogP contribution is 2.44. The summed E-state index contributed by atoms with van der Waals surface area (Å²) in [6, 6.07) is 15.5. The molecular formula is C27H33N3O5. The Morgan fingerprint density at radius 2 is 1.66 bits per heavy atom. The van der Waals surface area contributed by atoms with Gasteiger partial charge in [-0.2, -0.15) is 0 Å². The van der Waals surface area contributed by atoms with E-state index in [1.807, 2.05) is 50.2 Å². The molecule has 2 aromatic carbocycles. The van der Waals surface area contributed by atoms with Crippen molar-refractivity contribution in [1.29, 1.82) is 0 Å². The lowest BCUT2D eigenvalue weighted by Gasteiger charge is -2.26. The Bertz CT molecular complexity index is 1060. The van der Waals surface area contributed by atoms with Crippen molar-refractivity contribution in [2.75, 3.05) is 40.3 Å². The van der Waals surface area contributed by atoms with E-state index in [0.717, 1.165) is 22.3 Å². The number of rotatable bonds is 8. The van der Waals surface area contributed by atoms with Crippen molar-refractivity contribution in [3.8, 4) is 11.1 Å². The molecule has 0 bridgehead atoms. The summed E-state index contributed by atoms with van der Waals surface area (Å²) in [7, 11) is 3.67. The average molecular weight is 480 g/mol. The highest BCUT2D eigenvalue weighted by Gasteiger charge is 2.37. The molecular weight excluding hydrogens is 446 g/mol. The summed E-state index contributed by atoms with van der Waals surface area (Å²) in [6.45, 7) is 3.30. The SMILES string of the molecule is CC1CN(C(=O)C(CN(C)C)NC(=O)OCC2c3ccccc3-c3ccccc32)CC1CC(=O)O. The maximum absolute atomic E-state index is 13.3. The number of alkyl carbamates (subject to hydrolysis) is 1. The summed E-state index contributed by atoms with van der Waals surface area (Å²) >= 11 is 0. The normalized spacial score (nSPS) is 19.8. The lowest BCUT2D eigenvalue weighted by Crippen LogP contribution is -2.52. The third-order valence-corrected chi connectivity index (χ3v) is 7.00. The number of nitrogens with one attached hydrogen (secondary N) is 1. The lowest BCUT2D eigenvalue weighted by atomic mass is 9.95. The zero-order valence-corrected chi connectivity index (χ0v) is 20.4. The first-order valence-corrected chi connectivity index (χ1v) is 12.0. The Morgan fingerprint density at radius 3 is 2.23 bits per heavy atom. The number of likely N-dealkylation sites (N-methyl/N-ethyl adjacent to an activating group) is 1. The van der Waals surface area contributed by atoms with Gasteiger partial charge in [0.2, 0.25) is 5.91 Å². The summed E-state index contributed by atoms with van der Waals surface area (Å²) in [5.41, 5.74) is 4.55. The molecule has 1 fully saturated rings. The minimum Gasteiger partial charge on any atom is -0.481 e. The minimum absolute atomic E-state index is 0.0309. The van der Waals surface area contributed by atoms with Crippen LogP contribution in [0.15, 0.2) is 48.5 Å². The molecule has 0 saturated carbocycles. The van der Waals surface area contributed by atoms with Gasteiger partial charge in [0, 0.05) is 25.6 Å². The van der Waals surface area contributed by atoms with Gasteiger partial charge in [0.25, 0.3) is 0 Å². The van der Waals surface area contributed by atoms with Crippen LogP contribution in [0.1, 0.15) is 30.4 Å². The van der Waals surface area contributed by atoms with E-state index >= 15 is 0 Å². The van der Waals surface area contributed by atoms with Crippen LogP contribution in [0.3, 0.4) is 0 Å². The highest BCUT2D eigenvalue weighted by molar-refractivity contribution is 5.86. The number of nitrogens with zero attached hydrogens (tertiary/aromatic N) is 2. The van der Waals surface area contributed by atoms with Crippen molar-refractivity contribution in [1.82, 2.24) is 15.1 Å². The fourth-order valence-corrected chi connectivity index (χ4v) is 5.26. The molecule has 4 rings (SSSR count). The van der Waals surface area contributed by atoms with E-state index in [9.17, 15) is 14.4 Å². The maximum Gasteiger partial charge on any atom is 0.407 e. The molecule has 186 valence electrons.